The Kier molecular flexibility index (Phi) is 40.1. The second kappa shape index (κ2) is 42.9. The minimum absolute atomic E-state index is 0.0655. The lowest BCUT2D eigenvalue weighted by Crippen LogP contribution is -2.47. The Morgan fingerprint density at radius 1 is 0.534 bits per heavy atom. The van der Waals surface area contributed by atoms with E-state index >= 15 is 0 Å². The van der Waals surface area contributed by atoms with Crippen LogP contribution in [0.4, 0.5) is 0 Å². The van der Waals surface area contributed by atoms with E-state index in [1.165, 1.54) is 38.5 Å². The summed E-state index contributed by atoms with van der Waals surface area (Å²) in [4.78, 5) is 47.6. The number of rotatable bonds is 40. The summed E-state index contributed by atoms with van der Waals surface area (Å²) in [6, 6.07) is -1.39. The number of allylic oxidation sites excluding steroid dienone is 12. The number of aliphatic hydroxyl groups is 1. The van der Waals surface area contributed by atoms with Crippen molar-refractivity contribution in [3.8, 4) is 0 Å². The van der Waals surface area contributed by atoms with Gasteiger partial charge in [-0.05, 0) is 103 Å². The van der Waals surface area contributed by atoms with Crippen LogP contribution in [0.2, 0.25) is 0 Å². The number of aliphatic hydroxyl groups excluding tert-OH is 1. The summed E-state index contributed by atoms with van der Waals surface area (Å²) in [5, 5.41) is 22.6. The van der Waals surface area contributed by atoms with Crippen LogP contribution in [-0.4, -0.2) is 59.3 Å². The quantitative estimate of drug-likeness (QED) is 0.0274. The third kappa shape index (κ3) is 39.1. The van der Waals surface area contributed by atoms with Crippen LogP contribution in [0.15, 0.2) is 72.9 Å². The van der Waals surface area contributed by atoms with Crippen LogP contribution in [0, 0.1) is 0 Å². The molecule has 9 heteroatoms. The van der Waals surface area contributed by atoms with Crippen LogP contribution in [0.1, 0.15) is 187 Å². The van der Waals surface area contributed by atoms with Crippen LogP contribution >= 0.6 is 0 Å². The van der Waals surface area contributed by atoms with Crippen molar-refractivity contribution in [2.24, 2.45) is 0 Å². The molecule has 0 aromatic carbocycles. The molecular weight excluding hydrogens is 729 g/mol. The van der Waals surface area contributed by atoms with Crippen molar-refractivity contribution in [3.63, 3.8) is 0 Å². The smallest absolute Gasteiger partial charge is 0.328 e. The molecule has 2 atom stereocenters. The molecule has 4 N–H and O–H groups in total. The highest BCUT2D eigenvalue weighted by Gasteiger charge is 2.19. The highest BCUT2D eigenvalue weighted by atomic mass is 16.5. The predicted octanol–water partition coefficient (Wildman–Crippen LogP) is 11.5. The number of hydrogen-bond acceptors (Lipinski definition) is 6. The van der Waals surface area contributed by atoms with E-state index in [4.69, 9.17) is 14.9 Å². The molecule has 0 bridgehead atoms. The summed E-state index contributed by atoms with van der Waals surface area (Å²) < 4.78 is 6.00. The molecule has 58 heavy (non-hydrogen) atoms. The van der Waals surface area contributed by atoms with Gasteiger partial charge in [-0.1, -0.05) is 145 Å². The number of hydrogen-bond donors (Lipinski definition) is 4. The number of esters is 1. The Labute approximate surface area is 353 Å². The molecule has 0 aliphatic carbocycles. The number of amides is 2. The third-order valence-electron chi connectivity index (χ3n) is 9.69. The molecule has 0 spiro atoms. The van der Waals surface area contributed by atoms with Gasteiger partial charge in [-0.15, -0.1) is 0 Å². The van der Waals surface area contributed by atoms with Crippen molar-refractivity contribution in [1.82, 2.24) is 10.6 Å². The Balaban J connectivity index is 4.39. The van der Waals surface area contributed by atoms with Gasteiger partial charge in [0.25, 0.3) is 0 Å². The average Bonchev–Trinajstić information content (AvgIpc) is 3.21. The maximum Gasteiger partial charge on any atom is 0.328 e. The van der Waals surface area contributed by atoms with Crippen molar-refractivity contribution in [2.75, 3.05) is 13.2 Å². The molecule has 0 saturated carbocycles. The monoisotopic (exact) mass is 811 g/mol. The van der Waals surface area contributed by atoms with Crippen molar-refractivity contribution >= 4 is 23.8 Å². The Bertz CT molecular complexity index is 1200. The zero-order chi connectivity index (χ0) is 42.6. The largest absolute Gasteiger partial charge is 0.480 e. The summed E-state index contributed by atoms with van der Waals surface area (Å²) in [6.07, 6.45) is 53.6. The molecule has 9 nitrogen and oxygen atoms in total. The van der Waals surface area contributed by atoms with Gasteiger partial charge in [0.15, 0.2) is 0 Å². The fraction of sp³-hybridized carbons (Fsp3) is 0.673. The van der Waals surface area contributed by atoms with Gasteiger partial charge in [0.1, 0.15) is 12.1 Å². The maximum atomic E-state index is 12.8. The van der Waals surface area contributed by atoms with Crippen LogP contribution in [0.25, 0.3) is 0 Å². The summed E-state index contributed by atoms with van der Waals surface area (Å²) in [6.45, 7) is 3.35. The molecule has 0 aromatic rings. The summed E-state index contributed by atoms with van der Waals surface area (Å²) in [5.41, 5.74) is 0. The SMILES string of the molecule is CC/C=C\C/C=C\C/C=C\C/C=C\C/C=C\CCCCCC(=O)OC(CCC/C=C\CCCCCCCC)CCCCCCCC(=O)NCC(=O)NC(CO)C(=O)O. The number of unbranched alkanes of at least 4 members (excludes halogenated alkanes) is 14. The summed E-state index contributed by atoms with van der Waals surface area (Å²) in [5.74, 6) is -2.36. The van der Waals surface area contributed by atoms with Crippen LogP contribution in [-0.2, 0) is 23.9 Å². The predicted molar refractivity (Wildman–Crippen MR) is 240 cm³/mol. The van der Waals surface area contributed by atoms with Crippen LogP contribution in [0.5, 0.6) is 0 Å². The normalized spacial score (nSPS) is 13.2. The fourth-order valence-corrected chi connectivity index (χ4v) is 6.21. The lowest BCUT2D eigenvalue weighted by atomic mass is 10.0. The van der Waals surface area contributed by atoms with E-state index in [2.05, 4.69) is 97.4 Å². The Morgan fingerprint density at radius 2 is 1.00 bits per heavy atom. The van der Waals surface area contributed by atoms with Gasteiger partial charge < -0.3 is 25.6 Å². The van der Waals surface area contributed by atoms with E-state index in [1.807, 2.05) is 0 Å². The molecule has 0 aliphatic rings. The molecule has 330 valence electrons. The van der Waals surface area contributed by atoms with Gasteiger partial charge in [-0.3, -0.25) is 14.4 Å². The number of carboxylic acids is 1. The first-order chi connectivity index (χ1) is 28.3. The van der Waals surface area contributed by atoms with Gasteiger partial charge in [0, 0.05) is 12.8 Å². The lowest BCUT2D eigenvalue weighted by molar-refractivity contribution is -0.150. The number of ether oxygens (including phenoxy) is 1. The zero-order valence-corrected chi connectivity index (χ0v) is 36.5. The van der Waals surface area contributed by atoms with E-state index in [1.54, 1.807) is 0 Å². The number of aliphatic carboxylic acids is 1. The first-order valence-electron chi connectivity index (χ1n) is 22.8. The van der Waals surface area contributed by atoms with Crippen molar-refractivity contribution in [3.05, 3.63) is 72.9 Å². The van der Waals surface area contributed by atoms with E-state index < -0.39 is 24.5 Å². The minimum atomic E-state index is -1.39. The number of nitrogens with one attached hydrogen (secondary N) is 2. The molecule has 0 saturated heterocycles. The maximum absolute atomic E-state index is 12.8. The van der Waals surface area contributed by atoms with Gasteiger partial charge in [0.05, 0.1) is 13.2 Å². The molecule has 0 aromatic heterocycles. The fourth-order valence-electron chi connectivity index (χ4n) is 6.21. The number of carbonyl (C=O) groups excluding carboxylic acids is 3. The molecule has 2 amide bonds. The molecule has 0 radical (unpaired) electrons. The molecular formula is C49H82N2O7. The third-order valence-corrected chi connectivity index (χ3v) is 9.69. The summed E-state index contributed by atoms with van der Waals surface area (Å²) >= 11 is 0. The van der Waals surface area contributed by atoms with Crippen LogP contribution in [0.3, 0.4) is 0 Å². The minimum Gasteiger partial charge on any atom is -0.480 e. The van der Waals surface area contributed by atoms with Gasteiger partial charge in [-0.25, -0.2) is 4.79 Å². The van der Waals surface area contributed by atoms with Crippen molar-refractivity contribution in [1.29, 1.82) is 0 Å². The van der Waals surface area contributed by atoms with Gasteiger partial charge in [0.2, 0.25) is 11.8 Å². The first kappa shape index (κ1) is 54.3. The molecule has 0 aliphatic heterocycles. The highest BCUT2D eigenvalue weighted by Crippen LogP contribution is 2.17. The average molecular weight is 811 g/mol. The first-order valence-corrected chi connectivity index (χ1v) is 22.8. The second-order valence-corrected chi connectivity index (χ2v) is 15.1. The number of carboxylic acid groups (broad SMARTS) is 1. The van der Waals surface area contributed by atoms with Gasteiger partial charge >= 0.3 is 11.9 Å². The molecule has 0 heterocycles. The highest BCUT2D eigenvalue weighted by molar-refractivity contribution is 5.87. The van der Waals surface area contributed by atoms with Crippen molar-refractivity contribution < 1.29 is 34.1 Å². The van der Waals surface area contributed by atoms with Crippen LogP contribution < -0.4 is 10.6 Å². The molecule has 2 unspecified atom stereocenters. The van der Waals surface area contributed by atoms with Gasteiger partial charge in [-0.2, -0.15) is 0 Å². The second-order valence-electron chi connectivity index (χ2n) is 15.1. The molecule has 0 fully saturated rings. The molecule has 0 rings (SSSR count). The summed E-state index contributed by atoms with van der Waals surface area (Å²) in [7, 11) is 0. The van der Waals surface area contributed by atoms with E-state index in [9.17, 15) is 19.2 Å². The van der Waals surface area contributed by atoms with E-state index in [0.29, 0.717) is 12.8 Å². The number of carbonyl (C=O) groups is 4. The van der Waals surface area contributed by atoms with E-state index in [-0.39, 0.29) is 30.9 Å². The standard InChI is InChI=1S/C49H82N2O7/c1-3-5-7-9-11-13-15-16-17-18-19-20-21-22-24-26-28-33-37-41-48(55)58-44(38-34-30-27-25-23-14-12-10-8-6-4-2)39-35-31-29-32-36-40-46(53)50-42-47(54)51-45(43-52)49(56)57/h5,7,11,13,16-17,19-20,22,24-25,27,44-45,52H,3-4,6,8-10,12,14-15,18,21,23,26,28-43H2,1-2H3,(H,50,53)(H,51,54)(H,56,57)/b7-5-,13-11-,17-16-,20-19-,24-22-,27-25-. The Hall–Kier alpha value is -3.72. The van der Waals surface area contributed by atoms with Crippen molar-refractivity contribution in [2.45, 2.75) is 199 Å². The topological polar surface area (TPSA) is 142 Å². The lowest BCUT2D eigenvalue weighted by Gasteiger charge is -2.18. The Morgan fingerprint density at radius 3 is 1.59 bits per heavy atom. The van der Waals surface area contributed by atoms with E-state index in [0.717, 1.165) is 116 Å². The zero-order valence-electron chi connectivity index (χ0n) is 36.5.